The molecule has 1 unspecified atom stereocenters. The maximum Gasteiger partial charge on any atom is 0.0704 e. The van der Waals surface area contributed by atoms with Crippen LogP contribution in [0.4, 0.5) is 0 Å². The van der Waals surface area contributed by atoms with Crippen molar-refractivity contribution in [3.8, 4) is 0 Å². The Balaban J connectivity index is 4.34. The largest absolute Gasteiger partial charge is 0.379 e. The Morgan fingerprint density at radius 2 is 1.36 bits per heavy atom. The second-order valence-electron chi connectivity index (χ2n) is 8.08. The summed E-state index contributed by atoms with van der Waals surface area (Å²) in [5.41, 5.74) is 0.411. The van der Waals surface area contributed by atoms with Crippen molar-refractivity contribution < 1.29 is 9.47 Å². The molecule has 1 atom stereocenters. The van der Waals surface area contributed by atoms with E-state index in [9.17, 15) is 0 Å². The number of ether oxygens (including phenoxy) is 2. The Hall–Kier alpha value is -0.0800. The lowest BCUT2D eigenvalue weighted by Crippen LogP contribution is -2.43. The average Bonchev–Trinajstić information content (AvgIpc) is 2.43. The molecule has 0 heterocycles. The third kappa shape index (κ3) is 8.53. The zero-order valence-corrected chi connectivity index (χ0v) is 16.5. The third-order valence-electron chi connectivity index (χ3n) is 5.31. The molecule has 0 aliphatic rings. The van der Waals surface area contributed by atoms with Gasteiger partial charge in [0.15, 0.2) is 0 Å². The van der Waals surface area contributed by atoms with Crippen LogP contribution in [0.15, 0.2) is 0 Å². The van der Waals surface area contributed by atoms with Crippen LogP contribution in [0.5, 0.6) is 0 Å². The number of hydrogen-bond acceptors (Lipinski definition) is 2. The van der Waals surface area contributed by atoms with E-state index in [0.717, 1.165) is 6.61 Å². The second kappa shape index (κ2) is 11.5. The molecule has 0 amide bonds. The minimum Gasteiger partial charge on any atom is -0.379 e. The van der Waals surface area contributed by atoms with Gasteiger partial charge in [0.2, 0.25) is 0 Å². The van der Waals surface area contributed by atoms with Crippen molar-refractivity contribution in [3.05, 3.63) is 0 Å². The molecule has 0 N–H and O–H groups in total. The fraction of sp³-hybridized carbons (Fsp3) is 1.00. The number of rotatable bonds is 13. The van der Waals surface area contributed by atoms with Crippen molar-refractivity contribution >= 4 is 0 Å². The van der Waals surface area contributed by atoms with Gasteiger partial charge < -0.3 is 9.47 Å². The lowest BCUT2D eigenvalue weighted by molar-refractivity contribution is -0.0924. The topological polar surface area (TPSA) is 18.5 Å². The molecule has 134 valence electrons. The minimum absolute atomic E-state index is 0.169. The van der Waals surface area contributed by atoms with E-state index in [1.165, 1.54) is 44.9 Å². The normalized spacial score (nSPS) is 14.3. The van der Waals surface area contributed by atoms with Gasteiger partial charge in [0.25, 0.3) is 0 Å². The molecule has 0 aliphatic heterocycles. The van der Waals surface area contributed by atoms with Crippen LogP contribution in [0.1, 0.15) is 93.4 Å². The SMILES string of the molecule is CCCCCCCCC(OCCOCC)C(C)(C)C(C)(C)C. The van der Waals surface area contributed by atoms with Crippen molar-refractivity contribution in [2.24, 2.45) is 10.8 Å². The van der Waals surface area contributed by atoms with Gasteiger partial charge in [-0.3, -0.25) is 0 Å². The van der Waals surface area contributed by atoms with Gasteiger partial charge in [0, 0.05) is 6.61 Å². The van der Waals surface area contributed by atoms with E-state index in [0.29, 0.717) is 19.3 Å². The van der Waals surface area contributed by atoms with Crippen molar-refractivity contribution in [1.29, 1.82) is 0 Å². The molecule has 0 aromatic rings. The lowest BCUT2D eigenvalue weighted by Gasteiger charge is -2.45. The van der Waals surface area contributed by atoms with Crippen LogP contribution in [0.25, 0.3) is 0 Å². The highest BCUT2D eigenvalue weighted by Crippen LogP contribution is 2.43. The molecule has 2 heteroatoms. The Morgan fingerprint density at radius 3 is 1.91 bits per heavy atom. The maximum atomic E-state index is 6.24. The molecule has 0 bridgehead atoms. The van der Waals surface area contributed by atoms with Crippen molar-refractivity contribution in [1.82, 2.24) is 0 Å². The maximum absolute atomic E-state index is 6.24. The molecular formula is C20H42O2. The smallest absolute Gasteiger partial charge is 0.0704 e. The van der Waals surface area contributed by atoms with E-state index in [1.807, 2.05) is 6.92 Å². The van der Waals surface area contributed by atoms with Crippen LogP contribution in [-0.4, -0.2) is 25.9 Å². The third-order valence-corrected chi connectivity index (χ3v) is 5.31. The van der Waals surface area contributed by atoms with Gasteiger partial charge in [0.1, 0.15) is 0 Å². The van der Waals surface area contributed by atoms with Gasteiger partial charge >= 0.3 is 0 Å². The summed E-state index contributed by atoms with van der Waals surface area (Å²) >= 11 is 0. The molecule has 0 saturated carbocycles. The quantitative estimate of drug-likeness (QED) is 0.375. The molecule has 0 aliphatic carbocycles. The molecule has 0 aromatic heterocycles. The highest BCUT2D eigenvalue weighted by Gasteiger charge is 2.40. The second-order valence-corrected chi connectivity index (χ2v) is 8.08. The molecule has 0 radical (unpaired) electrons. The number of unbranched alkanes of at least 4 members (excludes halogenated alkanes) is 5. The van der Waals surface area contributed by atoms with Gasteiger partial charge in [-0.15, -0.1) is 0 Å². The molecule has 0 rings (SSSR count). The van der Waals surface area contributed by atoms with Crippen molar-refractivity contribution in [2.75, 3.05) is 19.8 Å². The molecule has 22 heavy (non-hydrogen) atoms. The van der Waals surface area contributed by atoms with E-state index in [4.69, 9.17) is 9.47 Å². The first-order valence-corrected chi connectivity index (χ1v) is 9.46. The van der Waals surface area contributed by atoms with Crippen LogP contribution in [0, 0.1) is 10.8 Å². The standard InChI is InChI=1S/C20H42O2/c1-8-10-11-12-13-14-15-18(22-17-16-21-9-2)20(6,7)19(3,4)5/h18H,8-17H2,1-7H3. The van der Waals surface area contributed by atoms with Crippen LogP contribution >= 0.6 is 0 Å². The van der Waals surface area contributed by atoms with Gasteiger partial charge in [-0.2, -0.15) is 0 Å². The first kappa shape index (κ1) is 21.9. The van der Waals surface area contributed by atoms with Gasteiger partial charge in [0.05, 0.1) is 19.3 Å². The Labute approximate surface area is 140 Å². The molecular weight excluding hydrogens is 272 g/mol. The van der Waals surface area contributed by atoms with E-state index < -0.39 is 0 Å². The fourth-order valence-electron chi connectivity index (χ4n) is 2.64. The molecule has 2 nitrogen and oxygen atoms in total. The zero-order chi connectivity index (χ0) is 17.1. The molecule has 0 aromatic carbocycles. The lowest BCUT2D eigenvalue weighted by atomic mass is 9.65. The van der Waals surface area contributed by atoms with Gasteiger partial charge in [-0.05, 0) is 24.2 Å². The fourth-order valence-corrected chi connectivity index (χ4v) is 2.64. The Morgan fingerprint density at radius 1 is 0.773 bits per heavy atom. The Kier molecular flexibility index (Phi) is 11.4. The summed E-state index contributed by atoms with van der Waals surface area (Å²) in [6, 6.07) is 0. The highest BCUT2D eigenvalue weighted by molar-refractivity contribution is 4.89. The average molecular weight is 315 g/mol. The summed E-state index contributed by atoms with van der Waals surface area (Å²) in [6.07, 6.45) is 9.56. The molecule has 0 spiro atoms. The van der Waals surface area contributed by atoms with E-state index >= 15 is 0 Å². The predicted octanol–water partition coefficient (Wildman–Crippen LogP) is 6.23. The summed E-state index contributed by atoms with van der Waals surface area (Å²) in [7, 11) is 0. The Bertz CT molecular complexity index is 253. The number of hydrogen-bond donors (Lipinski definition) is 0. The van der Waals surface area contributed by atoms with E-state index in [-0.39, 0.29) is 10.8 Å². The first-order chi connectivity index (χ1) is 10.3. The summed E-state index contributed by atoms with van der Waals surface area (Å²) in [5.74, 6) is 0. The van der Waals surface area contributed by atoms with Crippen LogP contribution in [-0.2, 0) is 9.47 Å². The van der Waals surface area contributed by atoms with Crippen LogP contribution < -0.4 is 0 Å². The predicted molar refractivity (Wildman–Crippen MR) is 97.5 cm³/mol. The van der Waals surface area contributed by atoms with E-state index in [1.54, 1.807) is 0 Å². The van der Waals surface area contributed by atoms with E-state index in [2.05, 4.69) is 41.5 Å². The van der Waals surface area contributed by atoms with Crippen LogP contribution in [0.3, 0.4) is 0 Å². The zero-order valence-electron chi connectivity index (χ0n) is 16.5. The monoisotopic (exact) mass is 314 g/mol. The minimum atomic E-state index is 0.169. The first-order valence-electron chi connectivity index (χ1n) is 9.46. The summed E-state index contributed by atoms with van der Waals surface area (Å²) in [5, 5.41) is 0. The van der Waals surface area contributed by atoms with Crippen molar-refractivity contribution in [2.45, 2.75) is 99.5 Å². The van der Waals surface area contributed by atoms with Crippen molar-refractivity contribution in [3.63, 3.8) is 0 Å². The van der Waals surface area contributed by atoms with Crippen LogP contribution in [0.2, 0.25) is 0 Å². The molecule has 0 saturated heterocycles. The summed E-state index contributed by atoms with van der Waals surface area (Å²) in [6.45, 7) is 18.2. The van der Waals surface area contributed by atoms with Gasteiger partial charge in [-0.25, -0.2) is 0 Å². The van der Waals surface area contributed by atoms with Gasteiger partial charge in [-0.1, -0.05) is 80.1 Å². The summed E-state index contributed by atoms with van der Waals surface area (Å²) < 4.78 is 11.7. The highest BCUT2D eigenvalue weighted by atomic mass is 16.5. The molecule has 0 fully saturated rings. The summed E-state index contributed by atoms with van der Waals surface area (Å²) in [4.78, 5) is 0.